The number of nitrogens with zero attached hydrogens (tertiary/aromatic N) is 1. The van der Waals surface area contributed by atoms with Crippen molar-refractivity contribution in [3.8, 4) is 0 Å². The molecule has 4 heteroatoms. The smallest absolute Gasteiger partial charge is 0.154 e. The van der Waals surface area contributed by atoms with Crippen molar-refractivity contribution in [2.45, 2.75) is 6.92 Å². The summed E-state index contributed by atoms with van der Waals surface area (Å²) in [6.45, 7) is 1.93. The van der Waals surface area contributed by atoms with Crippen molar-refractivity contribution in [2.24, 2.45) is 0 Å². The average molecular weight is 175 g/mol. The van der Waals surface area contributed by atoms with Gasteiger partial charge >= 0.3 is 0 Å². The summed E-state index contributed by atoms with van der Waals surface area (Å²) >= 11 is 0. The van der Waals surface area contributed by atoms with Gasteiger partial charge in [0.2, 0.25) is 0 Å². The van der Waals surface area contributed by atoms with E-state index in [-0.39, 0.29) is 5.82 Å². The quantitative estimate of drug-likeness (QED) is 0.674. The van der Waals surface area contributed by atoms with E-state index in [9.17, 15) is 9.90 Å². The third-order valence-electron chi connectivity index (χ3n) is 1.83. The van der Waals surface area contributed by atoms with Crippen LogP contribution in [0.2, 0.25) is 0 Å². The van der Waals surface area contributed by atoms with E-state index in [1.54, 1.807) is 6.07 Å². The number of aromatic amines is 1. The first-order valence-corrected chi connectivity index (χ1v) is 3.84. The van der Waals surface area contributed by atoms with Crippen LogP contribution >= 0.6 is 0 Å². The molecule has 0 aliphatic rings. The SMILES string of the molecule is Cc1ccc2nc(C(=O)[O-])[nH]c2c1. The van der Waals surface area contributed by atoms with Crippen LogP contribution in [0.1, 0.15) is 16.2 Å². The maximum atomic E-state index is 10.5. The average Bonchev–Trinajstić information content (AvgIpc) is 2.46. The zero-order chi connectivity index (χ0) is 9.42. The molecular formula is C9H7N2O2-. The van der Waals surface area contributed by atoms with Crippen LogP contribution in [0.5, 0.6) is 0 Å². The Bertz CT molecular complexity index is 473. The van der Waals surface area contributed by atoms with Crippen molar-refractivity contribution in [3.05, 3.63) is 29.6 Å². The predicted molar refractivity (Wildman–Crippen MR) is 45.2 cm³/mol. The summed E-state index contributed by atoms with van der Waals surface area (Å²) in [4.78, 5) is 16.9. The number of hydrogen-bond donors (Lipinski definition) is 1. The molecule has 1 N–H and O–H groups in total. The first-order chi connectivity index (χ1) is 6.16. The second-order valence-electron chi connectivity index (χ2n) is 2.89. The van der Waals surface area contributed by atoms with Crippen molar-refractivity contribution in [2.75, 3.05) is 0 Å². The molecule has 0 amide bonds. The van der Waals surface area contributed by atoms with Crippen LogP contribution in [-0.4, -0.2) is 15.9 Å². The highest BCUT2D eigenvalue weighted by Crippen LogP contribution is 2.12. The number of imidazole rings is 1. The molecule has 4 nitrogen and oxygen atoms in total. The van der Waals surface area contributed by atoms with Gasteiger partial charge in [0, 0.05) is 0 Å². The molecule has 0 radical (unpaired) electrons. The Morgan fingerprint density at radius 1 is 1.54 bits per heavy atom. The molecule has 0 saturated carbocycles. The fourth-order valence-electron chi connectivity index (χ4n) is 1.22. The Morgan fingerprint density at radius 3 is 3.00 bits per heavy atom. The van der Waals surface area contributed by atoms with Gasteiger partial charge in [0.1, 0.15) is 5.97 Å². The van der Waals surface area contributed by atoms with Crippen LogP contribution in [-0.2, 0) is 0 Å². The Labute approximate surface area is 74.2 Å². The number of carbonyl (C=O) groups excluding carboxylic acids is 1. The molecule has 0 spiro atoms. The summed E-state index contributed by atoms with van der Waals surface area (Å²) < 4.78 is 0. The number of fused-ring (bicyclic) bond motifs is 1. The minimum absolute atomic E-state index is 0.124. The van der Waals surface area contributed by atoms with E-state index in [4.69, 9.17) is 0 Å². The highest BCUT2D eigenvalue weighted by Gasteiger charge is 2.02. The number of aryl methyl sites for hydroxylation is 1. The van der Waals surface area contributed by atoms with Gasteiger partial charge in [0.15, 0.2) is 5.82 Å². The standard InChI is InChI=1S/C9H8N2O2/c1-5-2-3-6-7(4-5)11-8(10-6)9(12)13/h2-4H,1H3,(H,10,11)(H,12,13)/p-1. The van der Waals surface area contributed by atoms with Crippen LogP contribution in [0, 0.1) is 6.92 Å². The number of carbonyl (C=O) groups is 1. The Hall–Kier alpha value is -1.84. The Balaban J connectivity index is 2.68. The third kappa shape index (κ3) is 1.26. The second-order valence-corrected chi connectivity index (χ2v) is 2.89. The van der Waals surface area contributed by atoms with Crippen LogP contribution in [0.4, 0.5) is 0 Å². The van der Waals surface area contributed by atoms with E-state index >= 15 is 0 Å². The minimum Gasteiger partial charge on any atom is -0.542 e. The zero-order valence-electron chi connectivity index (χ0n) is 7.00. The van der Waals surface area contributed by atoms with Gasteiger partial charge in [-0.05, 0) is 24.6 Å². The van der Waals surface area contributed by atoms with Gasteiger partial charge in [-0.1, -0.05) is 6.07 Å². The van der Waals surface area contributed by atoms with E-state index in [2.05, 4.69) is 9.97 Å². The summed E-state index contributed by atoms with van der Waals surface area (Å²) in [5.74, 6) is -1.41. The maximum absolute atomic E-state index is 10.5. The lowest BCUT2D eigenvalue weighted by molar-refractivity contribution is -0.255. The molecule has 1 aromatic heterocycles. The lowest BCUT2D eigenvalue weighted by Crippen LogP contribution is -2.23. The summed E-state index contributed by atoms with van der Waals surface area (Å²) in [6, 6.07) is 5.49. The van der Waals surface area contributed by atoms with Crippen molar-refractivity contribution in [3.63, 3.8) is 0 Å². The summed E-state index contributed by atoms with van der Waals surface area (Å²) in [5, 5.41) is 10.5. The van der Waals surface area contributed by atoms with Crippen molar-refractivity contribution < 1.29 is 9.90 Å². The van der Waals surface area contributed by atoms with E-state index in [0.717, 1.165) is 11.1 Å². The minimum atomic E-state index is -1.28. The maximum Gasteiger partial charge on any atom is 0.154 e. The van der Waals surface area contributed by atoms with Crippen LogP contribution < -0.4 is 5.11 Å². The van der Waals surface area contributed by atoms with Crippen LogP contribution in [0.3, 0.4) is 0 Å². The summed E-state index contributed by atoms with van der Waals surface area (Å²) in [7, 11) is 0. The van der Waals surface area contributed by atoms with Gasteiger partial charge in [-0.15, -0.1) is 0 Å². The first-order valence-electron chi connectivity index (χ1n) is 3.84. The molecule has 0 bridgehead atoms. The highest BCUT2D eigenvalue weighted by atomic mass is 16.4. The lowest BCUT2D eigenvalue weighted by Gasteiger charge is -1.92. The molecule has 1 heterocycles. The number of benzene rings is 1. The van der Waals surface area contributed by atoms with Gasteiger partial charge in [0.25, 0.3) is 0 Å². The van der Waals surface area contributed by atoms with Gasteiger partial charge in [-0.3, -0.25) is 0 Å². The lowest BCUT2D eigenvalue weighted by atomic mass is 10.2. The second kappa shape index (κ2) is 2.58. The molecule has 0 saturated heterocycles. The Kier molecular flexibility index (Phi) is 1.55. The third-order valence-corrected chi connectivity index (χ3v) is 1.83. The number of H-pyrrole nitrogens is 1. The summed E-state index contributed by atoms with van der Waals surface area (Å²) in [6.07, 6.45) is 0. The van der Waals surface area contributed by atoms with Gasteiger partial charge in [0.05, 0.1) is 11.0 Å². The summed E-state index contributed by atoms with van der Waals surface area (Å²) in [5.41, 5.74) is 2.42. The first kappa shape index (κ1) is 7.79. The number of aromatic carboxylic acids is 1. The van der Waals surface area contributed by atoms with Crippen LogP contribution in [0.15, 0.2) is 18.2 Å². The number of carboxylic acids is 1. The fourth-order valence-corrected chi connectivity index (χ4v) is 1.22. The number of nitrogens with one attached hydrogen (secondary N) is 1. The largest absolute Gasteiger partial charge is 0.542 e. The number of hydrogen-bond acceptors (Lipinski definition) is 3. The van der Waals surface area contributed by atoms with Gasteiger partial charge < -0.3 is 14.9 Å². The molecule has 0 atom stereocenters. The van der Waals surface area contributed by atoms with Crippen molar-refractivity contribution >= 4 is 17.0 Å². The molecule has 0 unspecified atom stereocenters. The van der Waals surface area contributed by atoms with E-state index in [0.29, 0.717) is 5.52 Å². The molecule has 0 aliphatic heterocycles. The molecule has 0 fully saturated rings. The van der Waals surface area contributed by atoms with Crippen molar-refractivity contribution in [1.82, 2.24) is 9.97 Å². The molecular weight excluding hydrogens is 168 g/mol. The van der Waals surface area contributed by atoms with E-state index in [1.165, 1.54) is 0 Å². The Morgan fingerprint density at radius 2 is 2.31 bits per heavy atom. The normalized spacial score (nSPS) is 10.5. The van der Waals surface area contributed by atoms with Gasteiger partial charge in [-0.25, -0.2) is 4.98 Å². The number of carboxylic acid groups (broad SMARTS) is 1. The fraction of sp³-hybridized carbons (Fsp3) is 0.111. The number of rotatable bonds is 1. The topological polar surface area (TPSA) is 68.8 Å². The van der Waals surface area contributed by atoms with Crippen molar-refractivity contribution in [1.29, 1.82) is 0 Å². The molecule has 1 aromatic carbocycles. The molecule has 2 aromatic rings. The monoisotopic (exact) mass is 175 g/mol. The molecule has 66 valence electrons. The van der Waals surface area contributed by atoms with Crippen LogP contribution in [0.25, 0.3) is 11.0 Å². The van der Waals surface area contributed by atoms with E-state index in [1.807, 2.05) is 19.1 Å². The zero-order valence-corrected chi connectivity index (χ0v) is 7.00. The molecule has 0 aliphatic carbocycles. The molecule has 13 heavy (non-hydrogen) atoms. The predicted octanol–water partition coefficient (Wildman–Crippen LogP) is 0.235. The molecule has 2 rings (SSSR count). The highest BCUT2D eigenvalue weighted by molar-refractivity contribution is 5.87. The van der Waals surface area contributed by atoms with Gasteiger partial charge in [-0.2, -0.15) is 0 Å². The van der Waals surface area contributed by atoms with E-state index < -0.39 is 5.97 Å². The number of aromatic nitrogens is 2.